The highest BCUT2D eigenvalue weighted by atomic mass is 32.2. The number of hydrogen-bond acceptors (Lipinski definition) is 5. The molecule has 0 saturated carbocycles. The van der Waals surface area contributed by atoms with Crippen LogP contribution in [0.2, 0.25) is 0 Å². The summed E-state index contributed by atoms with van der Waals surface area (Å²) in [6.07, 6.45) is 3.23. The van der Waals surface area contributed by atoms with Crippen LogP contribution in [-0.2, 0) is 16.7 Å². The second kappa shape index (κ2) is 6.74. The Hall–Kier alpha value is -1.57. The summed E-state index contributed by atoms with van der Waals surface area (Å²) in [5, 5.41) is 6.70. The Balaban J connectivity index is 2.99. The van der Waals surface area contributed by atoms with E-state index in [-0.39, 0.29) is 17.4 Å². The predicted molar refractivity (Wildman–Crippen MR) is 75.2 cm³/mol. The van der Waals surface area contributed by atoms with Gasteiger partial charge in [-0.15, -0.1) is 5.10 Å². The third kappa shape index (κ3) is 5.20. The standard InChI is InChI=1S/C12H21N3O4S/c1-5-6-15-8-10(11(16)13-7-9(2)3)12(14-15)19-20(4,17)18/h8-9H,5-7H2,1-4H3,(H,13,16). The molecular weight excluding hydrogens is 282 g/mol. The highest BCUT2D eigenvalue weighted by Crippen LogP contribution is 2.18. The third-order valence-electron chi connectivity index (χ3n) is 2.33. The van der Waals surface area contributed by atoms with Gasteiger partial charge in [0.2, 0.25) is 0 Å². The minimum absolute atomic E-state index is 0.129. The lowest BCUT2D eigenvalue weighted by atomic mass is 10.2. The summed E-state index contributed by atoms with van der Waals surface area (Å²) in [5.74, 6) is -0.272. The van der Waals surface area contributed by atoms with Crippen LogP contribution in [0.1, 0.15) is 37.6 Å². The molecule has 0 aliphatic carbocycles. The zero-order chi connectivity index (χ0) is 15.3. The molecule has 1 aromatic heterocycles. The van der Waals surface area contributed by atoms with Crippen molar-refractivity contribution >= 4 is 16.0 Å². The molecule has 20 heavy (non-hydrogen) atoms. The molecular formula is C12H21N3O4S. The van der Waals surface area contributed by atoms with Gasteiger partial charge in [0.1, 0.15) is 5.56 Å². The van der Waals surface area contributed by atoms with Gasteiger partial charge in [-0.2, -0.15) is 8.42 Å². The fourth-order valence-corrected chi connectivity index (χ4v) is 1.91. The van der Waals surface area contributed by atoms with Crippen molar-refractivity contribution in [2.24, 2.45) is 5.92 Å². The summed E-state index contributed by atoms with van der Waals surface area (Å²) in [4.78, 5) is 12.0. The monoisotopic (exact) mass is 303 g/mol. The van der Waals surface area contributed by atoms with Gasteiger partial charge in [-0.1, -0.05) is 20.8 Å². The zero-order valence-corrected chi connectivity index (χ0v) is 13.0. The van der Waals surface area contributed by atoms with E-state index in [0.29, 0.717) is 19.0 Å². The topological polar surface area (TPSA) is 90.3 Å². The summed E-state index contributed by atoms with van der Waals surface area (Å²) >= 11 is 0. The average Bonchev–Trinajstić information content (AvgIpc) is 2.67. The summed E-state index contributed by atoms with van der Waals surface area (Å²) in [5.41, 5.74) is 0.129. The average molecular weight is 303 g/mol. The second-order valence-electron chi connectivity index (χ2n) is 5.00. The minimum Gasteiger partial charge on any atom is -0.359 e. The van der Waals surface area contributed by atoms with Crippen LogP contribution >= 0.6 is 0 Å². The quantitative estimate of drug-likeness (QED) is 0.759. The molecule has 1 rings (SSSR count). The lowest BCUT2D eigenvalue weighted by Crippen LogP contribution is -2.27. The Morgan fingerprint density at radius 2 is 2.15 bits per heavy atom. The Bertz CT molecular complexity index is 563. The smallest absolute Gasteiger partial charge is 0.307 e. The highest BCUT2D eigenvalue weighted by molar-refractivity contribution is 7.86. The summed E-state index contributed by atoms with van der Waals surface area (Å²) in [7, 11) is -3.72. The molecule has 1 N–H and O–H groups in total. The first-order valence-corrected chi connectivity index (χ1v) is 8.29. The van der Waals surface area contributed by atoms with Gasteiger partial charge in [0.15, 0.2) is 0 Å². The Morgan fingerprint density at radius 3 is 2.65 bits per heavy atom. The van der Waals surface area contributed by atoms with Crippen LogP contribution in [0, 0.1) is 5.92 Å². The third-order valence-corrected chi connectivity index (χ3v) is 2.79. The molecule has 0 saturated heterocycles. The highest BCUT2D eigenvalue weighted by Gasteiger charge is 2.21. The molecule has 7 nitrogen and oxygen atoms in total. The van der Waals surface area contributed by atoms with Crippen LogP contribution in [0.15, 0.2) is 6.20 Å². The fraction of sp³-hybridized carbons (Fsp3) is 0.667. The van der Waals surface area contributed by atoms with E-state index in [9.17, 15) is 13.2 Å². The van der Waals surface area contributed by atoms with E-state index in [1.54, 1.807) is 0 Å². The summed E-state index contributed by atoms with van der Waals surface area (Å²) in [6.45, 7) is 6.97. The van der Waals surface area contributed by atoms with E-state index < -0.39 is 10.1 Å². The van der Waals surface area contributed by atoms with Gasteiger partial charge in [-0.3, -0.25) is 9.48 Å². The maximum absolute atomic E-state index is 12.0. The number of aryl methyl sites for hydroxylation is 1. The van der Waals surface area contributed by atoms with Gasteiger partial charge in [0.05, 0.1) is 6.26 Å². The molecule has 0 atom stereocenters. The van der Waals surface area contributed by atoms with Crippen molar-refractivity contribution in [3.05, 3.63) is 11.8 Å². The first-order valence-electron chi connectivity index (χ1n) is 6.48. The van der Waals surface area contributed by atoms with Crippen LogP contribution < -0.4 is 9.50 Å². The van der Waals surface area contributed by atoms with E-state index >= 15 is 0 Å². The molecule has 1 aromatic rings. The number of carbonyl (C=O) groups is 1. The van der Waals surface area contributed by atoms with Gasteiger partial charge < -0.3 is 9.50 Å². The molecule has 8 heteroatoms. The SMILES string of the molecule is CCCn1cc(C(=O)NCC(C)C)c(OS(C)(=O)=O)n1. The molecule has 0 bridgehead atoms. The normalized spacial score (nSPS) is 11.7. The zero-order valence-electron chi connectivity index (χ0n) is 12.2. The largest absolute Gasteiger partial charge is 0.359 e. The fourth-order valence-electron chi connectivity index (χ4n) is 1.50. The van der Waals surface area contributed by atoms with Crippen LogP contribution in [0.4, 0.5) is 0 Å². The van der Waals surface area contributed by atoms with Crippen LogP contribution in [-0.4, -0.2) is 36.9 Å². The van der Waals surface area contributed by atoms with Gasteiger partial charge in [-0.05, 0) is 12.3 Å². The minimum atomic E-state index is -3.72. The Kier molecular flexibility index (Phi) is 5.55. The van der Waals surface area contributed by atoms with Crippen molar-refractivity contribution in [1.82, 2.24) is 15.1 Å². The van der Waals surface area contributed by atoms with Crippen molar-refractivity contribution < 1.29 is 17.4 Å². The second-order valence-corrected chi connectivity index (χ2v) is 6.58. The number of nitrogens with one attached hydrogen (secondary N) is 1. The molecule has 114 valence electrons. The molecule has 1 heterocycles. The summed E-state index contributed by atoms with van der Waals surface area (Å²) < 4.78 is 28.7. The van der Waals surface area contributed by atoms with Gasteiger partial charge in [-0.25, -0.2) is 0 Å². The van der Waals surface area contributed by atoms with Crippen molar-refractivity contribution in [2.75, 3.05) is 12.8 Å². The van der Waals surface area contributed by atoms with E-state index in [1.807, 2.05) is 20.8 Å². The predicted octanol–water partition coefficient (Wildman–Crippen LogP) is 1.02. The number of rotatable bonds is 7. The number of nitrogens with zero attached hydrogens (tertiary/aromatic N) is 2. The van der Waals surface area contributed by atoms with Gasteiger partial charge in [0.25, 0.3) is 11.8 Å². The summed E-state index contributed by atoms with van der Waals surface area (Å²) in [6, 6.07) is 0. The van der Waals surface area contributed by atoms with Crippen molar-refractivity contribution in [3.63, 3.8) is 0 Å². The van der Waals surface area contributed by atoms with E-state index in [1.165, 1.54) is 10.9 Å². The van der Waals surface area contributed by atoms with Crippen molar-refractivity contribution in [2.45, 2.75) is 33.7 Å². The lowest BCUT2D eigenvalue weighted by Gasteiger charge is -2.07. The van der Waals surface area contributed by atoms with Crippen LogP contribution in [0.3, 0.4) is 0 Å². The molecule has 0 aromatic carbocycles. The van der Waals surface area contributed by atoms with E-state index in [0.717, 1.165) is 12.7 Å². The van der Waals surface area contributed by atoms with Crippen LogP contribution in [0.25, 0.3) is 0 Å². The first-order chi connectivity index (χ1) is 9.23. The maximum atomic E-state index is 12.0. The number of amides is 1. The van der Waals surface area contributed by atoms with E-state index in [2.05, 4.69) is 10.4 Å². The van der Waals surface area contributed by atoms with Gasteiger partial charge in [0, 0.05) is 19.3 Å². The molecule has 0 radical (unpaired) electrons. The maximum Gasteiger partial charge on any atom is 0.307 e. The molecule has 1 amide bonds. The molecule has 0 fully saturated rings. The molecule has 0 spiro atoms. The van der Waals surface area contributed by atoms with Crippen LogP contribution in [0.5, 0.6) is 5.88 Å². The first kappa shape index (κ1) is 16.5. The lowest BCUT2D eigenvalue weighted by molar-refractivity contribution is 0.0947. The van der Waals surface area contributed by atoms with E-state index in [4.69, 9.17) is 4.18 Å². The van der Waals surface area contributed by atoms with Crippen molar-refractivity contribution in [1.29, 1.82) is 0 Å². The molecule has 0 aliphatic rings. The van der Waals surface area contributed by atoms with Gasteiger partial charge >= 0.3 is 10.1 Å². The number of aromatic nitrogens is 2. The molecule has 0 aliphatic heterocycles. The Morgan fingerprint density at radius 1 is 1.50 bits per heavy atom. The Labute approximate surface area is 119 Å². The number of carbonyl (C=O) groups excluding carboxylic acids is 1. The number of hydrogen-bond donors (Lipinski definition) is 1. The molecule has 0 unspecified atom stereocenters. The van der Waals surface area contributed by atoms with Crippen molar-refractivity contribution in [3.8, 4) is 5.88 Å².